The van der Waals surface area contributed by atoms with Gasteiger partial charge < -0.3 is 0 Å². The zero-order valence-corrected chi connectivity index (χ0v) is 8.32. The predicted molar refractivity (Wildman–Crippen MR) is 51.3 cm³/mol. The summed E-state index contributed by atoms with van der Waals surface area (Å²) in [4.78, 5) is 10.7. The Labute approximate surface area is 81.9 Å². The fourth-order valence-electron chi connectivity index (χ4n) is 0.660. The molecule has 0 spiro atoms. The lowest BCUT2D eigenvalue weighted by molar-refractivity contribution is -0.110. The second-order valence-electron chi connectivity index (χ2n) is 2.51. The van der Waals surface area contributed by atoms with Gasteiger partial charge in [-0.1, -0.05) is 5.16 Å². The molecule has 0 radical (unpaired) electrons. The molecule has 0 amide bonds. The molecule has 0 aromatic rings. The van der Waals surface area contributed by atoms with Crippen LogP contribution >= 0.6 is 0 Å². The molecule has 0 atom stereocenters. The number of rotatable bonds is 3. The van der Waals surface area contributed by atoms with Crippen LogP contribution in [0.4, 0.5) is 0 Å². The number of allylic oxidation sites excluding steroid dienone is 4. The highest BCUT2D eigenvalue weighted by molar-refractivity contribution is 7.86. The highest BCUT2D eigenvalue weighted by Crippen LogP contribution is 1.99. The maximum absolute atomic E-state index is 10.9. The van der Waals surface area contributed by atoms with Crippen molar-refractivity contribution in [1.29, 1.82) is 0 Å². The van der Waals surface area contributed by atoms with Crippen molar-refractivity contribution in [3.8, 4) is 0 Å². The van der Waals surface area contributed by atoms with E-state index in [1.165, 1.54) is 31.2 Å². The van der Waals surface area contributed by atoms with Crippen LogP contribution < -0.4 is 0 Å². The molecule has 0 saturated carbocycles. The summed E-state index contributed by atoms with van der Waals surface area (Å²) in [5, 5.41) is 3.36. The van der Waals surface area contributed by atoms with Gasteiger partial charge in [0, 0.05) is 0 Å². The van der Waals surface area contributed by atoms with Crippen molar-refractivity contribution in [2.75, 3.05) is 5.75 Å². The molecule has 5 nitrogen and oxygen atoms in total. The Kier molecular flexibility index (Phi) is 3.19. The van der Waals surface area contributed by atoms with Crippen molar-refractivity contribution >= 4 is 21.6 Å². The Bertz CT molecular complexity index is 399. The van der Waals surface area contributed by atoms with Crippen molar-refractivity contribution in [2.45, 2.75) is 6.92 Å². The van der Waals surface area contributed by atoms with Gasteiger partial charge in [-0.2, -0.15) is 8.42 Å². The van der Waals surface area contributed by atoms with Gasteiger partial charge in [-0.3, -0.25) is 9.08 Å². The lowest BCUT2D eigenvalue weighted by Gasteiger charge is -1.99. The van der Waals surface area contributed by atoms with E-state index < -0.39 is 10.1 Å². The smallest absolute Gasteiger partial charge is 0.290 e. The molecular formula is C8H9NO4S. The van der Waals surface area contributed by atoms with E-state index >= 15 is 0 Å². The van der Waals surface area contributed by atoms with E-state index in [2.05, 4.69) is 9.44 Å². The van der Waals surface area contributed by atoms with Crippen molar-refractivity contribution in [3.05, 3.63) is 24.3 Å². The van der Waals surface area contributed by atoms with Gasteiger partial charge in [0.15, 0.2) is 5.78 Å². The minimum atomic E-state index is -3.57. The zero-order chi connectivity index (χ0) is 10.6. The molecule has 0 bridgehead atoms. The van der Waals surface area contributed by atoms with Crippen LogP contribution in [0.1, 0.15) is 6.92 Å². The Morgan fingerprint density at radius 3 is 2.36 bits per heavy atom. The number of ketones is 1. The second-order valence-corrected chi connectivity index (χ2v) is 4.35. The van der Waals surface area contributed by atoms with Crippen LogP contribution in [0.25, 0.3) is 0 Å². The molecular weight excluding hydrogens is 206 g/mol. The lowest BCUT2D eigenvalue weighted by Crippen LogP contribution is -2.06. The monoisotopic (exact) mass is 215 g/mol. The first-order chi connectivity index (χ1) is 6.53. The lowest BCUT2D eigenvalue weighted by atomic mass is 10.2. The van der Waals surface area contributed by atoms with Gasteiger partial charge in [-0.05, 0) is 31.2 Å². The summed E-state index contributed by atoms with van der Waals surface area (Å²) in [5.74, 6) is -0.307. The molecule has 0 N–H and O–H groups in total. The van der Waals surface area contributed by atoms with E-state index in [4.69, 9.17) is 0 Å². The third-order valence-corrected chi connectivity index (χ3v) is 2.46. The normalized spacial score (nSPS) is 15.8. The van der Waals surface area contributed by atoms with Gasteiger partial charge in [0.1, 0.15) is 5.71 Å². The first kappa shape index (κ1) is 10.6. The molecule has 76 valence electrons. The van der Waals surface area contributed by atoms with Crippen LogP contribution in [-0.4, -0.2) is 25.7 Å². The standard InChI is InChI=1S/C8H9NO4S/c1-2-14(11,12)13-9-7-3-5-8(10)6-4-7/h3-6H,2H2,1H3. The summed E-state index contributed by atoms with van der Waals surface area (Å²) >= 11 is 0. The van der Waals surface area contributed by atoms with E-state index in [0.29, 0.717) is 5.71 Å². The van der Waals surface area contributed by atoms with Gasteiger partial charge in [0.25, 0.3) is 0 Å². The summed E-state index contributed by atoms with van der Waals surface area (Å²) in [6.45, 7) is 1.45. The van der Waals surface area contributed by atoms with Crippen LogP contribution in [0.3, 0.4) is 0 Å². The molecule has 0 aliphatic heterocycles. The number of hydrogen-bond acceptors (Lipinski definition) is 5. The molecule has 6 heteroatoms. The fraction of sp³-hybridized carbons (Fsp3) is 0.250. The minimum Gasteiger partial charge on any atom is -0.290 e. The van der Waals surface area contributed by atoms with E-state index in [9.17, 15) is 13.2 Å². The van der Waals surface area contributed by atoms with Crippen molar-refractivity contribution in [3.63, 3.8) is 0 Å². The quantitative estimate of drug-likeness (QED) is 0.504. The second kappa shape index (κ2) is 4.19. The number of oxime groups is 1. The molecule has 1 aliphatic rings. The van der Waals surface area contributed by atoms with Gasteiger partial charge in [-0.15, -0.1) is 0 Å². The average Bonchev–Trinajstić information content (AvgIpc) is 2.17. The predicted octanol–water partition coefficient (Wildman–Crippen LogP) is 0.404. The summed E-state index contributed by atoms with van der Waals surface area (Å²) in [6, 6.07) is 0. The van der Waals surface area contributed by atoms with Gasteiger partial charge >= 0.3 is 10.1 Å². The van der Waals surface area contributed by atoms with Crippen LogP contribution in [-0.2, 0) is 19.2 Å². The van der Waals surface area contributed by atoms with E-state index in [0.717, 1.165) is 0 Å². The van der Waals surface area contributed by atoms with Crippen molar-refractivity contribution < 1.29 is 17.5 Å². The molecule has 0 saturated heterocycles. The third kappa shape index (κ3) is 3.14. The summed E-state index contributed by atoms with van der Waals surface area (Å²) < 4.78 is 26.0. The van der Waals surface area contributed by atoms with Crippen LogP contribution in [0.15, 0.2) is 29.5 Å². The van der Waals surface area contributed by atoms with Crippen molar-refractivity contribution in [1.82, 2.24) is 0 Å². The fourth-order valence-corrected chi connectivity index (χ4v) is 0.965. The third-order valence-electron chi connectivity index (χ3n) is 1.45. The van der Waals surface area contributed by atoms with Gasteiger partial charge in [0.05, 0.1) is 5.75 Å². The molecule has 0 aromatic carbocycles. The van der Waals surface area contributed by atoms with E-state index in [1.54, 1.807) is 0 Å². The van der Waals surface area contributed by atoms with Gasteiger partial charge in [-0.25, -0.2) is 0 Å². The van der Waals surface area contributed by atoms with Crippen LogP contribution in [0.2, 0.25) is 0 Å². The summed E-state index contributed by atoms with van der Waals surface area (Å²) in [5.41, 5.74) is 0.293. The Morgan fingerprint density at radius 2 is 1.86 bits per heavy atom. The van der Waals surface area contributed by atoms with Crippen molar-refractivity contribution in [2.24, 2.45) is 5.16 Å². The number of nitrogens with zero attached hydrogens (tertiary/aromatic N) is 1. The average molecular weight is 215 g/mol. The van der Waals surface area contributed by atoms with Gasteiger partial charge in [0.2, 0.25) is 0 Å². The molecule has 0 aromatic heterocycles. The number of hydrogen-bond donors (Lipinski definition) is 0. The SMILES string of the molecule is CCS(=O)(=O)ON=C1C=CC(=O)C=C1. The Morgan fingerprint density at radius 1 is 1.29 bits per heavy atom. The zero-order valence-electron chi connectivity index (χ0n) is 7.50. The summed E-state index contributed by atoms with van der Waals surface area (Å²) in [7, 11) is -3.57. The number of carbonyl (C=O) groups is 1. The molecule has 1 aliphatic carbocycles. The molecule has 0 heterocycles. The molecule has 0 unspecified atom stereocenters. The molecule has 0 fully saturated rings. The van der Waals surface area contributed by atoms with E-state index in [-0.39, 0.29) is 11.5 Å². The summed E-state index contributed by atoms with van der Waals surface area (Å²) in [6.07, 6.45) is 5.32. The number of carbonyl (C=O) groups excluding carboxylic acids is 1. The Balaban J connectivity index is 2.69. The van der Waals surface area contributed by atoms with E-state index in [1.807, 2.05) is 0 Å². The topological polar surface area (TPSA) is 72.8 Å². The Hall–Kier alpha value is -1.43. The highest BCUT2D eigenvalue weighted by Gasteiger charge is 2.07. The largest absolute Gasteiger partial charge is 0.328 e. The first-order valence-corrected chi connectivity index (χ1v) is 5.50. The van der Waals surface area contributed by atoms with Crippen LogP contribution in [0.5, 0.6) is 0 Å². The molecule has 1 rings (SSSR count). The maximum Gasteiger partial charge on any atom is 0.328 e. The highest BCUT2D eigenvalue weighted by atomic mass is 32.2. The van der Waals surface area contributed by atoms with Crippen LogP contribution in [0, 0.1) is 0 Å². The molecule has 14 heavy (non-hydrogen) atoms. The minimum absolute atomic E-state index is 0.143. The first-order valence-electron chi connectivity index (χ1n) is 3.93. The maximum atomic E-state index is 10.9.